The number of carbonyl (C=O) groups excluding carboxylic acids is 1. The molecule has 12 nitrogen and oxygen atoms in total. The molecule has 302 valence electrons. The van der Waals surface area contributed by atoms with Crippen LogP contribution in [0.1, 0.15) is 95.7 Å². The molecule has 0 fully saturated rings. The third kappa shape index (κ3) is 10.4. The minimum Gasteiger partial charge on any atom is -0.493 e. The third-order valence-corrected chi connectivity index (χ3v) is 10.4. The van der Waals surface area contributed by atoms with Gasteiger partial charge in [0.25, 0.3) is 5.91 Å². The van der Waals surface area contributed by atoms with Gasteiger partial charge >= 0.3 is 0 Å². The predicted molar refractivity (Wildman–Crippen MR) is 217 cm³/mol. The van der Waals surface area contributed by atoms with E-state index < -0.39 is 6.17 Å². The summed E-state index contributed by atoms with van der Waals surface area (Å²) in [7, 11) is 1.61. The van der Waals surface area contributed by atoms with E-state index in [1.807, 2.05) is 36.4 Å². The van der Waals surface area contributed by atoms with E-state index in [-0.39, 0.29) is 32.3 Å². The second-order valence-electron chi connectivity index (χ2n) is 14.0. The number of nitrogens with one attached hydrogen (secondary N) is 2. The van der Waals surface area contributed by atoms with E-state index >= 15 is 0 Å². The van der Waals surface area contributed by atoms with Crippen molar-refractivity contribution in [2.45, 2.75) is 84.0 Å². The lowest BCUT2D eigenvalue weighted by molar-refractivity contribution is 0.0935. The Bertz CT molecular complexity index is 2100. The molecule has 1 aromatic heterocycles. The number of aromatic nitrogens is 1. The first kappa shape index (κ1) is 41.5. The summed E-state index contributed by atoms with van der Waals surface area (Å²) in [5.41, 5.74) is 6.25. The van der Waals surface area contributed by atoms with Gasteiger partial charge in [0, 0.05) is 33.5 Å². The van der Waals surface area contributed by atoms with Crippen molar-refractivity contribution in [3.05, 3.63) is 111 Å². The zero-order chi connectivity index (χ0) is 40.1. The normalized spacial score (nSPS) is 13.5. The Balaban J connectivity index is 0.879. The predicted octanol–water partition coefficient (Wildman–Crippen LogP) is 8.07. The molecule has 57 heavy (non-hydrogen) atoms. The molecule has 4 aromatic carbocycles. The summed E-state index contributed by atoms with van der Waals surface area (Å²) < 4.78 is 23.3. The molecule has 1 aliphatic rings. The van der Waals surface area contributed by atoms with Crippen molar-refractivity contribution in [3.8, 4) is 39.8 Å². The van der Waals surface area contributed by atoms with Crippen molar-refractivity contribution in [2.75, 3.05) is 25.6 Å². The largest absolute Gasteiger partial charge is 0.493 e. The molecule has 1 atom stereocenters. The van der Waals surface area contributed by atoms with E-state index in [1.54, 1.807) is 43.5 Å². The summed E-state index contributed by atoms with van der Waals surface area (Å²) >= 11 is 6.05. The molecule has 0 bridgehead atoms. The fourth-order valence-corrected chi connectivity index (χ4v) is 7.16. The Morgan fingerprint density at radius 3 is 1.96 bits per heavy atom. The van der Waals surface area contributed by atoms with E-state index in [9.17, 15) is 25.2 Å². The van der Waals surface area contributed by atoms with Crippen molar-refractivity contribution < 1.29 is 44.0 Å². The molecular weight excluding hydrogens is 750 g/mol. The zero-order valence-corrected chi connectivity index (χ0v) is 32.8. The number of fused-ring (bicyclic) bond motifs is 1. The number of aliphatic hydroxyl groups excluding tert-OH is 4. The average molecular weight is 800 g/mol. The van der Waals surface area contributed by atoms with Crippen LogP contribution in [0.4, 0.5) is 5.69 Å². The summed E-state index contributed by atoms with van der Waals surface area (Å²) in [4.78, 5) is 12.6. The highest BCUT2D eigenvalue weighted by Gasteiger charge is 2.25. The van der Waals surface area contributed by atoms with Gasteiger partial charge in [-0.05, 0) is 95.8 Å². The maximum atomic E-state index is 12.6. The standard InChI is InChI=1S/C44H50ClN3O9/c1-54-40-15-10-28(38-23-41(57-48-38)30-19-31(24-49)36(27-52)32(20-30)25-50)21-42(40)56-17-9-7-5-3-2-4-6-8-16-55-39-14-11-29(18-33(39)26-51)43-46-37-13-12-34(45)22-35(37)44(53)47-43/h10-15,18-23,43,46,49-52H,2-9,16-17,24-27H2,1H3,(H,47,53). The summed E-state index contributed by atoms with van der Waals surface area (Å²) in [6, 6.07) is 21.6. The van der Waals surface area contributed by atoms with Crippen molar-refractivity contribution in [1.29, 1.82) is 0 Å². The molecule has 0 saturated carbocycles. The first-order valence-electron chi connectivity index (χ1n) is 19.3. The molecule has 1 amide bonds. The molecule has 1 aliphatic heterocycles. The SMILES string of the molecule is COc1ccc(-c2cc(-c3cc(CO)c(CO)c(CO)c3)on2)cc1OCCCCCCCCCCOc1ccc(C2NC(=O)c3cc(Cl)ccc3N2)cc1CO. The maximum absolute atomic E-state index is 12.6. The molecule has 6 rings (SSSR count). The van der Waals surface area contributed by atoms with Crippen LogP contribution in [-0.2, 0) is 26.4 Å². The minimum atomic E-state index is -0.434. The molecule has 1 unspecified atom stereocenters. The monoisotopic (exact) mass is 799 g/mol. The number of unbranched alkanes of at least 4 members (excludes halogenated alkanes) is 7. The lowest BCUT2D eigenvalue weighted by Gasteiger charge is -2.28. The van der Waals surface area contributed by atoms with Crippen LogP contribution in [0, 0.1) is 0 Å². The molecule has 5 aromatic rings. The lowest BCUT2D eigenvalue weighted by Crippen LogP contribution is -2.38. The van der Waals surface area contributed by atoms with E-state index in [4.69, 9.17) is 30.3 Å². The number of halogens is 1. The van der Waals surface area contributed by atoms with Gasteiger partial charge < -0.3 is 49.8 Å². The van der Waals surface area contributed by atoms with E-state index in [0.717, 1.165) is 62.5 Å². The number of hydrogen-bond donors (Lipinski definition) is 6. The number of methoxy groups -OCH3 is 1. The first-order valence-corrected chi connectivity index (χ1v) is 19.7. The Kier molecular flexibility index (Phi) is 14.8. The van der Waals surface area contributed by atoms with E-state index in [1.165, 1.54) is 0 Å². The van der Waals surface area contributed by atoms with Gasteiger partial charge in [-0.25, -0.2) is 0 Å². The number of carbonyl (C=O) groups is 1. The van der Waals surface area contributed by atoms with Crippen LogP contribution in [0.2, 0.25) is 5.02 Å². The van der Waals surface area contributed by atoms with Crippen molar-refractivity contribution in [2.24, 2.45) is 0 Å². The van der Waals surface area contributed by atoms with Crippen molar-refractivity contribution in [3.63, 3.8) is 0 Å². The number of rotatable bonds is 21. The number of anilines is 1. The Morgan fingerprint density at radius 2 is 1.32 bits per heavy atom. The van der Waals surface area contributed by atoms with Gasteiger partial charge in [-0.1, -0.05) is 61.3 Å². The third-order valence-electron chi connectivity index (χ3n) is 10.1. The Hall–Kier alpha value is -5.11. The number of amides is 1. The van der Waals surface area contributed by atoms with Crippen LogP contribution in [0.25, 0.3) is 22.6 Å². The molecule has 0 aliphatic carbocycles. The number of ether oxygens (including phenoxy) is 3. The molecule has 13 heteroatoms. The van der Waals surface area contributed by atoms with Gasteiger partial charge in [0.1, 0.15) is 17.6 Å². The van der Waals surface area contributed by atoms with E-state index in [2.05, 4.69) is 15.8 Å². The Labute approximate surface area is 337 Å². The number of nitrogens with zero attached hydrogens (tertiary/aromatic N) is 1. The van der Waals surface area contributed by atoms with Gasteiger partial charge in [-0.3, -0.25) is 4.79 Å². The van der Waals surface area contributed by atoms with Gasteiger partial charge in [0.15, 0.2) is 17.3 Å². The quantitative estimate of drug-likeness (QED) is 0.0396. The van der Waals surface area contributed by atoms with Crippen LogP contribution < -0.4 is 24.8 Å². The summed E-state index contributed by atoms with van der Waals surface area (Å²) in [6.45, 7) is 0.0997. The fraction of sp³-hybridized carbons (Fsp3) is 0.364. The summed E-state index contributed by atoms with van der Waals surface area (Å²) in [6.07, 6.45) is 8.06. The van der Waals surface area contributed by atoms with Gasteiger partial charge in [-0.15, -0.1) is 0 Å². The number of benzene rings is 4. The lowest BCUT2D eigenvalue weighted by atomic mass is 9.97. The van der Waals surface area contributed by atoms with Gasteiger partial charge in [0.05, 0.1) is 52.3 Å². The second kappa shape index (κ2) is 20.4. The van der Waals surface area contributed by atoms with Crippen molar-refractivity contribution >= 4 is 23.2 Å². The van der Waals surface area contributed by atoms with Gasteiger partial charge in [0.2, 0.25) is 0 Å². The zero-order valence-electron chi connectivity index (χ0n) is 32.1. The fourth-order valence-electron chi connectivity index (χ4n) is 6.99. The number of aliphatic hydroxyl groups is 4. The summed E-state index contributed by atoms with van der Waals surface area (Å²) in [5.74, 6) is 2.15. The highest BCUT2D eigenvalue weighted by Crippen LogP contribution is 2.35. The van der Waals surface area contributed by atoms with E-state index in [0.29, 0.717) is 86.0 Å². The van der Waals surface area contributed by atoms with Crippen LogP contribution in [0.15, 0.2) is 77.3 Å². The van der Waals surface area contributed by atoms with Crippen LogP contribution in [0.3, 0.4) is 0 Å². The molecule has 0 spiro atoms. The topological polar surface area (TPSA) is 176 Å². The average Bonchev–Trinajstić information content (AvgIpc) is 3.74. The van der Waals surface area contributed by atoms with Crippen LogP contribution >= 0.6 is 11.6 Å². The summed E-state index contributed by atoms with van der Waals surface area (Å²) in [5, 5.41) is 50.3. The van der Waals surface area contributed by atoms with Crippen molar-refractivity contribution in [1.82, 2.24) is 10.5 Å². The smallest absolute Gasteiger partial charge is 0.255 e. The maximum Gasteiger partial charge on any atom is 0.255 e. The number of hydrogen-bond acceptors (Lipinski definition) is 11. The highest BCUT2D eigenvalue weighted by molar-refractivity contribution is 6.31. The molecule has 0 radical (unpaired) electrons. The molecule has 0 saturated heterocycles. The molecule has 6 N–H and O–H groups in total. The second-order valence-corrected chi connectivity index (χ2v) is 14.4. The first-order chi connectivity index (χ1) is 27.8. The minimum absolute atomic E-state index is 0.171. The Morgan fingerprint density at radius 1 is 0.667 bits per heavy atom. The highest BCUT2D eigenvalue weighted by atomic mass is 35.5. The molecule has 2 heterocycles. The van der Waals surface area contributed by atoms with Gasteiger partial charge in [-0.2, -0.15) is 0 Å². The molecular formula is C44H50ClN3O9. The van der Waals surface area contributed by atoms with Crippen LogP contribution in [-0.4, -0.2) is 51.8 Å². The van der Waals surface area contributed by atoms with Crippen LogP contribution in [0.5, 0.6) is 17.2 Å².